The number of nitrogens with one attached hydrogen (secondary N) is 1. The van der Waals surface area contributed by atoms with E-state index in [0.717, 1.165) is 27.3 Å². The van der Waals surface area contributed by atoms with E-state index in [-0.39, 0.29) is 34.6 Å². The van der Waals surface area contributed by atoms with Crippen molar-refractivity contribution in [1.82, 2.24) is 10.2 Å². The van der Waals surface area contributed by atoms with Gasteiger partial charge >= 0.3 is 0 Å². The third kappa shape index (κ3) is 7.96. The van der Waals surface area contributed by atoms with Gasteiger partial charge in [-0.2, -0.15) is 0 Å². The molecule has 0 bridgehead atoms. The van der Waals surface area contributed by atoms with Gasteiger partial charge in [0, 0.05) is 24.5 Å². The molecule has 38 heavy (non-hydrogen) atoms. The summed E-state index contributed by atoms with van der Waals surface area (Å²) in [6.07, 6.45) is 1.24. The van der Waals surface area contributed by atoms with Crippen molar-refractivity contribution in [3.05, 3.63) is 99.5 Å². The van der Waals surface area contributed by atoms with E-state index in [2.05, 4.69) is 5.32 Å². The fourth-order valence-electron chi connectivity index (χ4n) is 4.12. The van der Waals surface area contributed by atoms with E-state index in [1.165, 1.54) is 23.1 Å². The third-order valence-electron chi connectivity index (χ3n) is 5.91. The van der Waals surface area contributed by atoms with Crippen LogP contribution in [0.15, 0.2) is 72.8 Å². The van der Waals surface area contributed by atoms with Gasteiger partial charge in [0.1, 0.15) is 12.6 Å². The molecule has 1 N–H and O–H groups in total. The van der Waals surface area contributed by atoms with E-state index in [1.807, 2.05) is 61.5 Å². The Hall–Kier alpha value is -3.07. The zero-order valence-corrected chi connectivity index (χ0v) is 23.9. The SMILES string of the molecule is CCNC(=O)[C@H](Cc1ccccc1)N(Cc1cccc(C)c1)C(=O)CN(c1cc(Cl)ccc1Cl)S(C)(=O)=O. The highest BCUT2D eigenvalue weighted by Crippen LogP contribution is 2.31. The van der Waals surface area contributed by atoms with Crippen molar-refractivity contribution < 1.29 is 18.0 Å². The number of benzene rings is 3. The largest absolute Gasteiger partial charge is 0.355 e. The fourth-order valence-corrected chi connectivity index (χ4v) is 5.41. The van der Waals surface area contributed by atoms with Crippen molar-refractivity contribution in [2.24, 2.45) is 0 Å². The first kappa shape index (κ1) is 29.5. The van der Waals surface area contributed by atoms with Gasteiger partial charge in [-0.3, -0.25) is 13.9 Å². The maximum absolute atomic E-state index is 14.0. The van der Waals surface area contributed by atoms with Crippen molar-refractivity contribution in [2.75, 3.05) is 23.7 Å². The van der Waals surface area contributed by atoms with Crippen LogP contribution >= 0.6 is 23.2 Å². The normalized spacial score (nSPS) is 12.0. The molecule has 1 atom stereocenters. The predicted octanol–water partition coefficient (Wildman–Crippen LogP) is 4.84. The Kier molecular flexibility index (Phi) is 10.2. The van der Waals surface area contributed by atoms with Gasteiger partial charge in [0.25, 0.3) is 0 Å². The van der Waals surface area contributed by atoms with Crippen LogP contribution in [0.5, 0.6) is 0 Å². The zero-order chi connectivity index (χ0) is 27.9. The molecule has 0 radical (unpaired) electrons. The topological polar surface area (TPSA) is 86.8 Å². The molecule has 0 aliphatic heterocycles. The second-order valence-corrected chi connectivity index (χ2v) is 11.7. The highest BCUT2D eigenvalue weighted by molar-refractivity contribution is 7.92. The number of nitrogens with zero attached hydrogens (tertiary/aromatic N) is 2. The molecule has 3 aromatic carbocycles. The maximum atomic E-state index is 14.0. The number of sulfonamides is 1. The molecule has 0 fully saturated rings. The zero-order valence-electron chi connectivity index (χ0n) is 21.5. The molecule has 0 saturated heterocycles. The molecule has 202 valence electrons. The minimum atomic E-state index is -3.94. The van der Waals surface area contributed by atoms with Crippen molar-refractivity contribution in [2.45, 2.75) is 32.9 Å². The number of rotatable bonds is 11. The molecule has 7 nitrogen and oxygen atoms in total. The van der Waals surface area contributed by atoms with E-state index < -0.39 is 28.5 Å². The molecule has 0 unspecified atom stereocenters. The van der Waals surface area contributed by atoms with Crippen LogP contribution in [0.2, 0.25) is 10.0 Å². The number of amides is 2. The van der Waals surface area contributed by atoms with Gasteiger partial charge in [-0.1, -0.05) is 83.4 Å². The summed E-state index contributed by atoms with van der Waals surface area (Å²) in [5, 5.41) is 3.22. The van der Waals surface area contributed by atoms with Crippen LogP contribution in [-0.2, 0) is 32.6 Å². The van der Waals surface area contributed by atoms with Gasteiger partial charge in [-0.15, -0.1) is 0 Å². The minimum absolute atomic E-state index is 0.0862. The maximum Gasteiger partial charge on any atom is 0.244 e. The van der Waals surface area contributed by atoms with Crippen LogP contribution in [0.3, 0.4) is 0 Å². The van der Waals surface area contributed by atoms with Crippen LogP contribution in [0.4, 0.5) is 5.69 Å². The van der Waals surface area contributed by atoms with E-state index >= 15 is 0 Å². The summed E-state index contributed by atoms with van der Waals surface area (Å²) in [7, 11) is -3.94. The average molecular weight is 577 g/mol. The van der Waals surface area contributed by atoms with Crippen molar-refractivity contribution in [3.8, 4) is 0 Å². The standard InChI is InChI=1S/C28H31Cl2N3O4S/c1-4-31-28(35)26(16-21-10-6-5-7-11-21)32(18-22-12-8-9-20(2)15-22)27(34)19-33(38(3,36)37)25-17-23(29)13-14-24(25)30/h5-15,17,26H,4,16,18-19H2,1-3H3,(H,31,35)/t26-/m0/s1. The number of likely N-dealkylation sites (N-methyl/N-ethyl adjacent to an activating group) is 1. The van der Waals surface area contributed by atoms with E-state index in [9.17, 15) is 18.0 Å². The summed E-state index contributed by atoms with van der Waals surface area (Å²) < 4.78 is 26.6. The number of halogens is 2. The quantitative estimate of drug-likeness (QED) is 0.354. The predicted molar refractivity (Wildman–Crippen MR) is 153 cm³/mol. The molecule has 2 amide bonds. The lowest BCUT2D eigenvalue weighted by Gasteiger charge is -2.33. The van der Waals surface area contributed by atoms with E-state index in [4.69, 9.17) is 23.2 Å². The molecule has 0 heterocycles. The van der Waals surface area contributed by atoms with Gasteiger partial charge in [0.2, 0.25) is 21.8 Å². The molecule has 3 rings (SSSR count). The fraction of sp³-hybridized carbons (Fsp3) is 0.286. The summed E-state index contributed by atoms with van der Waals surface area (Å²) >= 11 is 12.4. The highest BCUT2D eigenvalue weighted by atomic mass is 35.5. The minimum Gasteiger partial charge on any atom is -0.355 e. The molecule has 0 aliphatic rings. The summed E-state index contributed by atoms with van der Waals surface area (Å²) in [4.78, 5) is 28.7. The van der Waals surface area contributed by atoms with Gasteiger partial charge in [-0.05, 0) is 43.2 Å². The second-order valence-electron chi connectivity index (χ2n) is 8.98. The first-order valence-electron chi connectivity index (χ1n) is 12.1. The first-order chi connectivity index (χ1) is 18.0. The third-order valence-corrected chi connectivity index (χ3v) is 7.59. The molecule has 0 aliphatic carbocycles. The first-order valence-corrected chi connectivity index (χ1v) is 14.7. The molecular weight excluding hydrogens is 545 g/mol. The van der Waals surface area contributed by atoms with Gasteiger partial charge in [0.05, 0.1) is 17.0 Å². The van der Waals surface area contributed by atoms with Crippen LogP contribution in [0.25, 0.3) is 0 Å². The number of hydrogen-bond acceptors (Lipinski definition) is 4. The molecule has 3 aromatic rings. The van der Waals surface area contributed by atoms with Crippen molar-refractivity contribution in [1.29, 1.82) is 0 Å². The Morgan fingerprint density at radius 2 is 1.63 bits per heavy atom. The Morgan fingerprint density at radius 3 is 2.26 bits per heavy atom. The molecule has 0 spiro atoms. The highest BCUT2D eigenvalue weighted by Gasteiger charge is 2.33. The van der Waals surface area contributed by atoms with Crippen molar-refractivity contribution >= 4 is 50.7 Å². The van der Waals surface area contributed by atoms with Crippen LogP contribution in [0, 0.1) is 6.92 Å². The van der Waals surface area contributed by atoms with Gasteiger partial charge in [0.15, 0.2) is 0 Å². The average Bonchev–Trinajstić information content (AvgIpc) is 2.86. The van der Waals surface area contributed by atoms with E-state index in [1.54, 1.807) is 6.92 Å². The number of carbonyl (C=O) groups is 2. The number of carbonyl (C=O) groups excluding carboxylic acids is 2. The Bertz CT molecular complexity index is 1380. The van der Waals surface area contributed by atoms with Crippen LogP contribution < -0.4 is 9.62 Å². The number of aryl methyl sites for hydroxylation is 1. The summed E-state index contributed by atoms with van der Waals surface area (Å²) in [6, 6.07) is 20.5. The summed E-state index contributed by atoms with van der Waals surface area (Å²) in [5.74, 6) is -0.885. The molecule has 10 heteroatoms. The van der Waals surface area contributed by atoms with E-state index in [0.29, 0.717) is 6.54 Å². The van der Waals surface area contributed by atoms with Crippen LogP contribution in [0.1, 0.15) is 23.6 Å². The second kappa shape index (κ2) is 13.1. The lowest BCUT2D eigenvalue weighted by Crippen LogP contribution is -2.53. The number of hydrogen-bond donors (Lipinski definition) is 1. The summed E-state index contributed by atoms with van der Waals surface area (Å²) in [6.45, 7) is 3.67. The smallest absolute Gasteiger partial charge is 0.244 e. The van der Waals surface area contributed by atoms with Crippen molar-refractivity contribution in [3.63, 3.8) is 0 Å². The lowest BCUT2D eigenvalue weighted by molar-refractivity contribution is -0.140. The molecule has 0 aromatic heterocycles. The van der Waals surface area contributed by atoms with Gasteiger partial charge < -0.3 is 10.2 Å². The Morgan fingerprint density at radius 1 is 0.947 bits per heavy atom. The summed E-state index contributed by atoms with van der Waals surface area (Å²) in [5.41, 5.74) is 2.76. The molecule has 0 saturated carbocycles. The Labute approximate surface area is 234 Å². The molecular formula is C28H31Cl2N3O4S. The lowest BCUT2D eigenvalue weighted by atomic mass is 10.0. The Balaban J connectivity index is 2.07. The monoisotopic (exact) mass is 575 g/mol. The number of anilines is 1. The van der Waals surface area contributed by atoms with Gasteiger partial charge in [-0.25, -0.2) is 8.42 Å². The van der Waals surface area contributed by atoms with Crippen LogP contribution in [-0.4, -0.2) is 50.5 Å².